The lowest BCUT2D eigenvalue weighted by Crippen LogP contribution is -2.59. The average molecular weight is 301 g/mol. The van der Waals surface area contributed by atoms with Crippen molar-refractivity contribution in [2.75, 3.05) is 0 Å². The van der Waals surface area contributed by atoms with Crippen LogP contribution in [0.5, 0.6) is 0 Å². The molecule has 0 aliphatic rings. The zero-order chi connectivity index (χ0) is 15.2. The summed E-state index contributed by atoms with van der Waals surface area (Å²) in [6, 6.07) is 0. The minimum atomic E-state index is -7.00. The molecule has 0 aliphatic carbocycles. The van der Waals surface area contributed by atoms with Gasteiger partial charge in [-0.3, -0.25) is 0 Å². The number of hydrogen-bond acceptors (Lipinski definition) is 1. The van der Waals surface area contributed by atoms with Crippen molar-refractivity contribution < 1.29 is 58.1 Å². The van der Waals surface area contributed by atoms with Crippen molar-refractivity contribution in [3.63, 3.8) is 0 Å². The van der Waals surface area contributed by atoms with Gasteiger partial charge < -0.3 is 0 Å². The SMILES string of the molecule is [O]C(F)(C(F)(F)F)C(F)(F)OC(F)(F)C(F)(F)F. The third-order valence-corrected chi connectivity index (χ3v) is 1.33. The molecule has 13 heteroatoms. The zero-order valence-corrected chi connectivity index (χ0v) is 7.47. The maximum absolute atomic E-state index is 12.1. The van der Waals surface area contributed by atoms with Gasteiger partial charge in [0.2, 0.25) is 0 Å². The predicted molar refractivity (Wildman–Crippen MR) is 27.6 cm³/mol. The number of halogens is 11. The third-order valence-electron chi connectivity index (χ3n) is 1.33. The van der Waals surface area contributed by atoms with Gasteiger partial charge in [-0.1, -0.05) is 0 Å². The molecule has 0 rings (SSSR count). The van der Waals surface area contributed by atoms with Crippen LogP contribution in [0.4, 0.5) is 48.3 Å². The molecule has 0 spiro atoms. The fourth-order valence-corrected chi connectivity index (χ4v) is 0.449. The molecule has 1 unspecified atom stereocenters. The van der Waals surface area contributed by atoms with Crippen LogP contribution in [0.2, 0.25) is 0 Å². The largest absolute Gasteiger partial charge is 0.483 e. The molecule has 0 aromatic heterocycles. The third kappa shape index (κ3) is 2.93. The maximum Gasteiger partial charge on any atom is 0.483 e. The first-order chi connectivity index (χ1) is 7.46. The van der Waals surface area contributed by atoms with Gasteiger partial charge in [-0.2, -0.15) is 53.4 Å². The van der Waals surface area contributed by atoms with E-state index >= 15 is 0 Å². The smallest absolute Gasteiger partial charge is 0.243 e. The first-order valence-electron chi connectivity index (χ1n) is 3.44. The summed E-state index contributed by atoms with van der Waals surface area (Å²) in [5.74, 6) is -6.98. The van der Waals surface area contributed by atoms with Gasteiger partial charge in [0.1, 0.15) is 0 Å². The second-order valence-electron chi connectivity index (χ2n) is 2.73. The Kier molecular flexibility index (Phi) is 3.89. The van der Waals surface area contributed by atoms with Crippen LogP contribution in [-0.2, 0) is 9.84 Å². The van der Waals surface area contributed by atoms with Crippen LogP contribution in [0.15, 0.2) is 0 Å². The standard InChI is InChI=1S/C5F11O2/c6-1(17,2(7,8)9)4(13,14)18-5(15,16)3(10,11)12. The van der Waals surface area contributed by atoms with Gasteiger partial charge >= 0.3 is 30.4 Å². The average Bonchev–Trinajstić information content (AvgIpc) is 1.96. The van der Waals surface area contributed by atoms with E-state index < -0.39 is 30.4 Å². The maximum atomic E-state index is 12.1. The molecule has 0 aromatic rings. The molecule has 0 fully saturated rings. The highest BCUT2D eigenvalue weighted by Gasteiger charge is 2.78. The van der Waals surface area contributed by atoms with Gasteiger partial charge in [0.25, 0.3) is 0 Å². The molecule has 0 amide bonds. The predicted octanol–water partition coefficient (Wildman–Crippen LogP) is 3.41. The van der Waals surface area contributed by atoms with Gasteiger partial charge in [-0.05, 0) is 0 Å². The van der Waals surface area contributed by atoms with Crippen molar-refractivity contribution in [3.05, 3.63) is 0 Å². The minimum absolute atomic E-state index is 1.38. The molecule has 0 heterocycles. The van der Waals surface area contributed by atoms with Crippen LogP contribution in [-0.4, -0.2) is 30.4 Å². The van der Waals surface area contributed by atoms with Crippen LogP contribution in [0, 0.1) is 0 Å². The lowest BCUT2D eigenvalue weighted by molar-refractivity contribution is -0.528. The molecule has 0 saturated carbocycles. The summed E-state index contributed by atoms with van der Waals surface area (Å²) in [6.07, 6.45) is -27.7. The van der Waals surface area contributed by atoms with Crippen molar-refractivity contribution in [2.24, 2.45) is 0 Å². The molecule has 1 atom stereocenters. The Morgan fingerprint density at radius 2 is 0.889 bits per heavy atom. The zero-order valence-electron chi connectivity index (χ0n) is 7.47. The van der Waals surface area contributed by atoms with Crippen molar-refractivity contribution in [1.82, 2.24) is 0 Å². The Bertz CT molecular complexity index is 300. The molecule has 18 heavy (non-hydrogen) atoms. The Balaban J connectivity index is 5.33. The van der Waals surface area contributed by atoms with Crippen molar-refractivity contribution in [3.8, 4) is 0 Å². The lowest BCUT2D eigenvalue weighted by atomic mass is 10.3. The summed E-state index contributed by atoms with van der Waals surface area (Å²) in [4.78, 5) is 0. The number of hydrogen-bond donors (Lipinski definition) is 0. The van der Waals surface area contributed by atoms with Gasteiger partial charge in [0, 0.05) is 0 Å². The summed E-state index contributed by atoms with van der Waals surface area (Å²) < 4.78 is 130. The van der Waals surface area contributed by atoms with E-state index in [0.29, 0.717) is 0 Å². The highest BCUT2D eigenvalue weighted by Crippen LogP contribution is 2.49. The molecule has 0 saturated heterocycles. The van der Waals surface area contributed by atoms with Gasteiger partial charge in [0.05, 0.1) is 0 Å². The number of alkyl halides is 11. The summed E-state index contributed by atoms with van der Waals surface area (Å²) in [5.41, 5.74) is 0. The topological polar surface area (TPSA) is 29.1 Å². The second kappa shape index (κ2) is 4.08. The highest BCUT2D eigenvalue weighted by molar-refractivity contribution is 4.85. The summed E-state index contributed by atoms with van der Waals surface area (Å²) >= 11 is 0. The van der Waals surface area contributed by atoms with E-state index in [2.05, 4.69) is 0 Å². The Morgan fingerprint density at radius 1 is 0.556 bits per heavy atom. The van der Waals surface area contributed by atoms with Gasteiger partial charge in [0.15, 0.2) is 0 Å². The normalized spacial score (nSPS) is 18.7. The molecule has 109 valence electrons. The highest BCUT2D eigenvalue weighted by atomic mass is 19.4. The second-order valence-corrected chi connectivity index (χ2v) is 2.73. The van der Waals surface area contributed by atoms with Crippen molar-refractivity contribution >= 4 is 0 Å². The van der Waals surface area contributed by atoms with Gasteiger partial charge in [-0.25, -0.2) is 4.74 Å². The molecular weight excluding hydrogens is 301 g/mol. The Morgan fingerprint density at radius 3 is 1.11 bits per heavy atom. The van der Waals surface area contributed by atoms with Gasteiger partial charge in [-0.15, -0.1) is 0 Å². The summed E-state index contributed by atoms with van der Waals surface area (Å²) in [6.45, 7) is 0. The van der Waals surface area contributed by atoms with E-state index in [1.165, 1.54) is 4.74 Å². The fourth-order valence-electron chi connectivity index (χ4n) is 0.449. The molecule has 0 N–H and O–H groups in total. The summed E-state index contributed by atoms with van der Waals surface area (Å²) in [7, 11) is 0. The van der Waals surface area contributed by atoms with Crippen molar-refractivity contribution in [2.45, 2.75) is 30.4 Å². The number of rotatable bonds is 3. The lowest BCUT2D eigenvalue weighted by Gasteiger charge is -2.31. The quantitative estimate of drug-likeness (QED) is 0.734. The van der Waals surface area contributed by atoms with Crippen LogP contribution < -0.4 is 0 Å². The van der Waals surface area contributed by atoms with E-state index in [1.807, 2.05) is 0 Å². The van der Waals surface area contributed by atoms with E-state index in [9.17, 15) is 53.4 Å². The fraction of sp³-hybridized carbons (Fsp3) is 1.00. The van der Waals surface area contributed by atoms with Crippen LogP contribution >= 0.6 is 0 Å². The van der Waals surface area contributed by atoms with E-state index in [0.717, 1.165) is 0 Å². The first kappa shape index (κ1) is 17.2. The number of ether oxygens (including phenoxy) is 1. The monoisotopic (exact) mass is 301 g/mol. The van der Waals surface area contributed by atoms with E-state index in [4.69, 9.17) is 0 Å². The van der Waals surface area contributed by atoms with E-state index in [1.54, 1.807) is 0 Å². The molecule has 0 aromatic carbocycles. The molecule has 0 aliphatic heterocycles. The Hall–Kier alpha value is -0.850. The minimum Gasteiger partial charge on any atom is -0.243 e. The Labute approximate surface area is 89.9 Å². The molecular formula is C5F11O2. The molecule has 1 radical (unpaired) electrons. The summed E-state index contributed by atoms with van der Waals surface area (Å²) in [5, 5.41) is 9.78. The molecule has 2 nitrogen and oxygen atoms in total. The van der Waals surface area contributed by atoms with Crippen LogP contribution in [0.25, 0.3) is 0 Å². The van der Waals surface area contributed by atoms with Crippen molar-refractivity contribution in [1.29, 1.82) is 0 Å². The van der Waals surface area contributed by atoms with E-state index in [-0.39, 0.29) is 0 Å². The first-order valence-corrected chi connectivity index (χ1v) is 3.44. The van der Waals surface area contributed by atoms with Crippen LogP contribution in [0.3, 0.4) is 0 Å². The molecule has 0 bridgehead atoms. The van der Waals surface area contributed by atoms with Crippen LogP contribution in [0.1, 0.15) is 0 Å².